The van der Waals surface area contributed by atoms with Crippen molar-refractivity contribution in [3.63, 3.8) is 0 Å². The van der Waals surface area contributed by atoms with E-state index < -0.39 is 12.0 Å². The third-order valence-corrected chi connectivity index (χ3v) is 8.02. The summed E-state index contributed by atoms with van der Waals surface area (Å²) in [6.45, 7) is 4.84. The van der Waals surface area contributed by atoms with Crippen LogP contribution in [0.1, 0.15) is 174 Å². The molecular weight excluding hydrogens is 552 g/mol. The summed E-state index contributed by atoms with van der Waals surface area (Å²) >= 11 is 0. The van der Waals surface area contributed by atoms with Crippen molar-refractivity contribution in [3.05, 3.63) is 24.3 Å². The van der Waals surface area contributed by atoms with Crippen LogP contribution >= 0.6 is 0 Å². The number of nitrogens with one attached hydrogen (secondary N) is 1. The lowest BCUT2D eigenvalue weighted by Crippen LogP contribution is -2.40. The summed E-state index contributed by atoms with van der Waals surface area (Å²) in [6, 6.07) is -0.873. The third kappa shape index (κ3) is 28.6. The molecule has 0 spiro atoms. The Kier molecular flexibility index (Phi) is 30.7. The average Bonchev–Trinajstić information content (AvgIpc) is 3.00. The summed E-state index contributed by atoms with van der Waals surface area (Å²) in [5.74, 6) is -1.33. The Morgan fingerprint density at radius 2 is 1.18 bits per heavy atom. The monoisotopic (exact) mass is 621 g/mol. The predicted octanol–water partition coefficient (Wildman–Crippen LogP) is 9.33. The van der Waals surface area contributed by atoms with Crippen molar-refractivity contribution in [1.82, 2.24) is 5.32 Å². The molecule has 0 radical (unpaired) electrons. The van der Waals surface area contributed by atoms with Gasteiger partial charge in [-0.05, 0) is 90.0 Å². The van der Waals surface area contributed by atoms with Crippen molar-refractivity contribution in [3.8, 4) is 0 Å². The Bertz CT molecular complexity index is 752. The number of unbranched alkanes of at least 4 members (excludes halogenated alkanes) is 14. The molecule has 0 rings (SSSR count). The number of carbonyl (C=O) groups is 3. The number of nitrogens with two attached hydrogens (primary N) is 1. The van der Waals surface area contributed by atoms with Crippen LogP contribution in [0.2, 0.25) is 0 Å². The lowest BCUT2D eigenvalue weighted by Gasteiger charge is -2.18. The average molecular weight is 621 g/mol. The summed E-state index contributed by atoms with van der Waals surface area (Å²) in [5, 5.41) is 11.9. The van der Waals surface area contributed by atoms with Crippen LogP contribution in [0.15, 0.2) is 24.3 Å². The molecule has 0 saturated carbocycles. The van der Waals surface area contributed by atoms with Gasteiger partial charge in [-0.2, -0.15) is 0 Å². The summed E-state index contributed by atoms with van der Waals surface area (Å²) in [4.78, 5) is 36.0. The SMILES string of the molecule is CCCCCC/C=C\C/C=C\CCCCCCCC(=O)OC(CCCCCC)CCCCCC(=O)NC(CCCN)C(=O)O. The van der Waals surface area contributed by atoms with Gasteiger partial charge in [0.15, 0.2) is 0 Å². The Labute approximate surface area is 270 Å². The fourth-order valence-electron chi connectivity index (χ4n) is 5.24. The first-order valence-electron chi connectivity index (χ1n) is 18.2. The van der Waals surface area contributed by atoms with Gasteiger partial charge in [-0.3, -0.25) is 9.59 Å². The van der Waals surface area contributed by atoms with Crippen molar-refractivity contribution >= 4 is 17.8 Å². The van der Waals surface area contributed by atoms with Crippen molar-refractivity contribution < 1.29 is 24.2 Å². The number of hydrogen-bond donors (Lipinski definition) is 3. The van der Waals surface area contributed by atoms with Crippen molar-refractivity contribution in [2.75, 3.05) is 6.54 Å². The number of ether oxygens (including phenoxy) is 1. The number of rotatable bonds is 32. The van der Waals surface area contributed by atoms with Crippen molar-refractivity contribution in [1.29, 1.82) is 0 Å². The molecule has 1 amide bonds. The number of hydrogen-bond acceptors (Lipinski definition) is 5. The maximum absolute atomic E-state index is 12.6. The fraction of sp³-hybridized carbons (Fsp3) is 0.811. The van der Waals surface area contributed by atoms with E-state index in [1.54, 1.807) is 0 Å². The van der Waals surface area contributed by atoms with Crippen LogP contribution in [0.25, 0.3) is 0 Å². The highest BCUT2D eigenvalue weighted by atomic mass is 16.5. The first-order valence-corrected chi connectivity index (χ1v) is 18.2. The molecule has 0 aromatic rings. The van der Waals surface area contributed by atoms with Crippen LogP contribution in [-0.2, 0) is 19.1 Å². The first-order chi connectivity index (χ1) is 21.4. The van der Waals surface area contributed by atoms with Crippen LogP contribution in [0.5, 0.6) is 0 Å². The normalized spacial score (nSPS) is 13.0. The van der Waals surface area contributed by atoms with Gasteiger partial charge in [0.25, 0.3) is 0 Å². The minimum atomic E-state index is -1.02. The van der Waals surface area contributed by atoms with Crippen LogP contribution < -0.4 is 11.1 Å². The van der Waals surface area contributed by atoms with E-state index in [0.29, 0.717) is 38.6 Å². The highest BCUT2D eigenvalue weighted by Crippen LogP contribution is 2.17. The maximum atomic E-state index is 12.6. The Hall–Kier alpha value is -2.15. The molecule has 2 unspecified atom stereocenters. The van der Waals surface area contributed by atoms with Gasteiger partial charge in [0.1, 0.15) is 12.1 Å². The van der Waals surface area contributed by atoms with Gasteiger partial charge in [-0.1, -0.05) is 102 Å². The summed E-state index contributed by atoms with van der Waals surface area (Å²) in [5.41, 5.74) is 5.46. The molecule has 0 heterocycles. The summed E-state index contributed by atoms with van der Waals surface area (Å²) in [6.07, 6.45) is 33.8. The molecule has 7 heteroatoms. The Balaban J connectivity index is 4.10. The first kappa shape index (κ1) is 41.9. The van der Waals surface area contributed by atoms with Gasteiger partial charge >= 0.3 is 11.9 Å². The van der Waals surface area contributed by atoms with Crippen LogP contribution in [0.3, 0.4) is 0 Å². The number of amides is 1. The molecule has 0 fully saturated rings. The smallest absolute Gasteiger partial charge is 0.326 e. The highest BCUT2D eigenvalue weighted by molar-refractivity contribution is 5.83. The van der Waals surface area contributed by atoms with Gasteiger partial charge in [0.2, 0.25) is 5.91 Å². The largest absolute Gasteiger partial charge is 0.480 e. The molecule has 0 aromatic carbocycles. The zero-order valence-corrected chi connectivity index (χ0v) is 28.5. The molecule has 7 nitrogen and oxygen atoms in total. The lowest BCUT2D eigenvalue weighted by atomic mass is 10.0. The molecule has 0 aliphatic heterocycles. The second-order valence-corrected chi connectivity index (χ2v) is 12.3. The standard InChI is InChI=1S/C37H68N2O5/c1-3-5-7-9-10-11-12-13-14-15-16-17-18-19-20-25-31-36(41)44-33(27-22-8-6-4-2)28-23-21-24-30-35(40)39-34(37(42)43)29-26-32-38/h11-12,14-15,33-34H,3-10,13,16-32,38H2,1-2H3,(H,39,40)(H,42,43)/b12-11-,15-14-. The van der Waals surface area contributed by atoms with Gasteiger partial charge in [-0.15, -0.1) is 0 Å². The lowest BCUT2D eigenvalue weighted by molar-refractivity contribution is -0.150. The third-order valence-electron chi connectivity index (χ3n) is 8.02. The van der Waals surface area contributed by atoms with E-state index in [-0.39, 0.29) is 18.0 Å². The van der Waals surface area contributed by atoms with Gasteiger partial charge in [0.05, 0.1) is 0 Å². The van der Waals surface area contributed by atoms with Crippen LogP contribution in [-0.4, -0.2) is 41.6 Å². The summed E-state index contributed by atoms with van der Waals surface area (Å²) < 4.78 is 5.89. The van der Waals surface area contributed by atoms with Crippen molar-refractivity contribution in [2.45, 2.75) is 187 Å². The molecule has 0 aromatic heterocycles. The zero-order valence-electron chi connectivity index (χ0n) is 28.5. The topological polar surface area (TPSA) is 119 Å². The van der Waals surface area contributed by atoms with E-state index in [1.165, 1.54) is 57.8 Å². The number of allylic oxidation sites excluding steroid dienone is 4. The molecule has 0 saturated heterocycles. The molecule has 2 atom stereocenters. The molecule has 0 aliphatic rings. The minimum Gasteiger partial charge on any atom is -0.480 e. The molecular formula is C37H68N2O5. The number of carboxylic acids is 1. The summed E-state index contributed by atoms with van der Waals surface area (Å²) in [7, 11) is 0. The number of carbonyl (C=O) groups excluding carboxylic acids is 2. The molecule has 256 valence electrons. The number of aliphatic carboxylic acids is 1. The molecule has 44 heavy (non-hydrogen) atoms. The van der Waals surface area contributed by atoms with E-state index in [2.05, 4.69) is 43.5 Å². The maximum Gasteiger partial charge on any atom is 0.326 e. The quantitative estimate of drug-likeness (QED) is 0.0392. The Morgan fingerprint density at radius 3 is 1.77 bits per heavy atom. The molecule has 0 aliphatic carbocycles. The molecule has 4 N–H and O–H groups in total. The van der Waals surface area contributed by atoms with Crippen molar-refractivity contribution in [2.24, 2.45) is 5.73 Å². The second kappa shape index (κ2) is 32.2. The highest BCUT2D eigenvalue weighted by Gasteiger charge is 2.19. The second-order valence-electron chi connectivity index (χ2n) is 12.3. The minimum absolute atomic E-state index is 0.0523. The zero-order chi connectivity index (χ0) is 32.5. The van der Waals surface area contributed by atoms with E-state index in [0.717, 1.165) is 70.6 Å². The van der Waals surface area contributed by atoms with Crippen LogP contribution in [0, 0.1) is 0 Å². The van der Waals surface area contributed by atoms with E-state index >= 15 is 0 Å². The van der Waals surface area contributed by atoms with E-state index in [4.69, 9.17) is 10.5 Å². The van der Waals surface area contributed by atoms with Crippen LogP contribution in [0.4, 0.5) is 0 Å². The van der Waals surface area contributed by atoms with E-state index in [1.807, 2.05) is 0 Å². The van der Waals surface area contributed by atoms with Gasteiger partial charge < -0.3 is 20.9 Å². The fourth-order valence-corrected chi connectivity index (χ4v) is 5.24. The van der Waals surface area contributed by atoms with E-state index in [9.17, 15) is 19.5 Å². The molecule has 0 bridgehead atoms. The van der Waals surface area contributed by atoms with Gasteiger partial charge in [0, 0.05) is 12.8 Å². The van der Waals surface area contributed by atoms with Gasteiger partial charge in [-0.25, -0.2) is 4.79 Å². The number of esters is 1. The number of carboxylic acid groups (broad SMARTS) is 1. The Morgan fingerprint density at radius 1 is 0.659 bits per heavy atom. The predicted molar refractivity (Wildman–Crippen MR) is 184 cm³/mol.